The van der Waals surface area contributed by atoms with E-state index in [2.05, 4.69) is 76.3 Å². The van der Waals surface area contributed by atoms with Gasteiger partial charge in [-0.15, -0.1) is 11.8 Å². The Morgan fingerprint density at radius 2 is 0.962 bits per heavy atom. The van der Waals surface area contributed by atoms with E-state index in [9.17, 15) is 51.6 Å². The van der Waals surface area contributed by atoms with E-state index >= 15 is 0 Å². The lowest BCUT2D eigenvalue weighted by Crippen LogP contribution is -1.99. The van der Waals surface area contributed by atoms with Crippen LogP contribution in [0, 0.1) is 36.2 Å². The van der Waals surface area contributed by atoms with Gasteiger partial charge in [-0.1, -0.05) is 14.9 Å². The first-order chi connectivity index (χ1) is 23.5. The van der Waals surface area contributed by atoms with Gasteiger partial charge in [0.1, 0.15) is 5.82 Å². The molecule has 53 heavy (non-hydrogen) atoms. The highest BCUT2D eigenvalue weighted by atomic mass is 79.9. The molecule has 0 radical (unpaired) electrons. The molecule has 0 bridgehead atoms. The number of nitrogens with two attached hydrogens (primary N) is 1. The third-order valence-electron chi connectivity index (χ3n) is 5.34. The summed E-state index contributed by atoms with van der Waals surface area (Å²) in [5.74, 6) is -0.504. The zero-order valence-corrected chi connectivity index (χ0v) is 36.2. The summed E-state index contributed by atoms with van der Waals surface area (Å²) in [5, 5.41) is 30.8. The smallest absolute Gasteiger partial charge is 0.270 e. The van der Waals surface area contributed by atoms with Crippen LogP contribution in [0.2, 0.25) is 0 Å². The number of nitrogen functional groups attached to an aromatic ring is 1. The maximum absolute atomic E-state index is 12.5. The zero-order chi connectivity index (χ0) is 39.9. The summed E-state index contributed by atoms with van der Waals surface area (Å²) in [4.78, 5) is 30.5. The molecular weight excluding hydrogens is 1040 g/mol. The monoisotopic (exact) mass is 1070 g/mol. The van der Waals surface area contributed by atoms with Gasteiger partial charge >= 0.3 is 0 Å². The van der Waals surface area contributed by atoms with Gasteiger partial charge in [0, 0.05) is 72.9 Å². The van der Waals surface area contributed by atoms with Gasteiger partial charge in [0.05, 0.1) is 29.0 Å². The molecule has 294 valence electrons. The van der Waals surface area contributed by atoms with Crippen LogP contribution in [-0.2, 0) is 19.7 Å². The van der Waals surface area contributed by atoms with Crippen LogP contribution in [0.25, 0.3) is 0 Å². The lowest BCUT2D eigenvalue weighted by atomic mass is 10.3. The summed E-state index contributed by atoms with van der Waals surface area (Å²) < 4.78 is 58.5. The van der Waals surface area contributed by atoms with E-state index in [1.807, 2.05) is 6.26 Å². The number of nitro benzene ring substituents is 3. The molecule has 0 saturated carbocycles. The Kier molecular flexibility index (Phi) is 26.2. The van der Waals surface area contributed by atoms with Crippen LogP contribution in [0.5, 0.6) is 0 Å². The highest BCUT2D eigenvalue weighted by Crippen LogP contribution is 2.29. The molecule has 4 aromatic carbocycles. The number of sulfone groups is 2. The van der Waals surface area contributed by atoms with Crippen LogP contribution in [-0.4, -0.2) is 56.6 Å². The number of benzene rings is 4. The number of hydrogen-bond donors (Lipinski definition) is 2. The number of thiol groups is 1. The topological polar surface area (TPSA) is 224 Å². The van der Waals surface area contributed by atoms with Gasteiger partial charge in [0.25, 0.3) is 17.1 Å². The molecule has 4 rings (SSSR count). The molecule has 0 fully saturated rings. The van der Waals surface area contributed by atoms with Crippen LogP contribution in [0.15, 0.2) is 105 Å². The third kappa shape index (κ3) is 19.5. The average Bonchev–Trinajstić information content (AvgIpc) is 3.02. The second-order valence-electron chi connectivity index (χ2n) is 9.04. The average molecular weight is 1080 g/mol. The number of non-ortho nitro benzene ring substituents is 3. The number of halogens is 5. The summed E-state index contributed by atoms with van der Waals surface area (Å²) in [6.07, 6.45) is 5.81. The third-order valence-corrected chi connectivity index (χ3v) is 11.8. The van der Waals surface area contributed by atoms with E-state index in [0.717, 1.165) is 52.2 Å². The fourth-order valence-corrected chi connectivity index (χ4v) is 8.75. The van der Waals surface area contributed by atoms with Crippen molar-refractivity contribution in [3.63, 3.8) is 0 Å². The van der Waals surface area contributed by atoms with Crippen molar-refractivity contribution in [2.24, 2.45) is 0 Å². The lowest BCUT2D eigenvalue weighted by molar-refractivity contribution is -0.385. The largest absolute Gasteiger partial charge is 0.399 e. The fraction of sp³-hybridized carbons (Fsp3) is 0.200. The van der Waals surface area contributed by atoms with Gasteiger partial charge in [-0.05, 0) is 113 Å². The fourth-order valence-electron chi connectivity index (χ4n) is 3.09. The Morgan fingerprint density at radius 1 is 0.623 bits per heavy atom. The maximum Gasteiger partial charge on any atom is 0.270 e. The number of anilines is 1. The number of nitrogens with zero attached hydrogens (tertiary/aromatic N) is 3. The minimum absolute atomic E-state index is 0. The first-order valence-electron chi connectivity index (χ1n) is 12.9. The summed E-state index contributed by atoms with van der Waals surface area (Å²) >= 11 is 17.3. The van der Waals surface area contributed by atoms with Gasteiger partial charge < -0.3 is 5.73 Å². The standard InChI is InChI=1S/C7H6BrNO4S.C7H8BrNO2S.C7H6BrNO2S.C6H3BrFNO2.CH4S.2CH4/c1-14(12,13)7-3-2-5(9(10)11)4-6(7)8;1-12(10,11)7-3-2-5(9)4-6(7)8;1-12-7-3-2-5(9(10)11)4-6(7)8;7-5-3-4(9(10)11)1-2-6(5)8;1-2;;/h2-4H,1H3;2-4H,9H2,1H3;2-4H,1H3;1-3H;2H,1H3;2*1H4. The van der Waals surface area contributed by atoms with Gasteiger partial charge in [0.15, 0.2) is 19.7 Å². The maximum atomic E-state index is 12.5. The van der Waals surface area contributed by atoms with Crippen molar-refractivity contribution in [2.45, 2.75) is 29.5 Å². The molecule has 4 aromatic rings. The zero-order valence-electron chi connectivity index (χ0n) is 26.5. The predicted molar refractivity (Wildman–Crippen MR) is 227 cm³/mol. The Labute approximate surface area is 350 Å². The Balaban J connectivity index is -0.000000613. The minimum atomic E-state index is -3.35. The van der Waals surface area contributed by atoms with Crippen LogP contribution in [0.4, 0.5) is 27.1 Å². The minimum Gasteiger partial charge on any atom is -0.399 e. The SMILES string of the molecule is C.C.CS.CS(=O)(=O)c1ccc(N)cc1Br.CS(=O)(=O)c1ccc([N+](=O)[O-])cc1Br.CSc1ccc([N+](=O)[O-])cc1Br.O=[N+]([O-])c1ccc(F)c(Br)c1. The van der Waals surface area contributed by atoms with Gasteiger partial charge in [0.2, 0.25) is 0 Å². The predicted octanol–water partition coefficient (Wildman–Crippen LogP) is 10.6. The molecule has 0 unspecified atom stereocenters. The van der Waals surface area contributed by atoms with E-state index < -0.39 is 40.3 Å². The van der Waals surface area contributed by atoms with Crippen molar-refractivity contribution >= 4 is 131 Å². The molecule has 0 saturated heterocycles. The summed E-state index contributed by atoms with van der Waals surface area (Å²) in [7, 11) is -6.50. The molecular formula is C30H35Br4FN4O10S4. The van der Waals surface area contributed by atoms with Crippen molar-refractivity contribution in [3.8, 4) is 0 Å². The second kappa shape index (κ2) is 25.4. The number of thioether (sulfide) groups is 1. The first kappa shape index (κ1) is 54.7. The first-order valence-corrected chi connectivity index (χ1v) is 22.0. The molecule has 0 atom stereocenters. The molecule has 0 heterocycles. The summed E-state index contributed by atoms with van der Waals surface area (Å²) in [6.45, 7) is 0. The quantitative estimate of drug-likeness (QED) is 0.0605. The normalized spacial score (nSPS) is 9.92. The van der Waals surface area contributed by atoms with Crippen molar-refractivity contribution in [1.82, 2.24) is 0 Å². The van der Waals surface area contributed by atoms with Crippen molar-refractivity contribution < 1.29 is 36.0 Å². The summed E-state index contributed by atoms with van der Waals surface area (Å²) in [6, 6.07) is 16.1. The number of rotatable bonds is 6. The van der Waals surface area contributed by atoms with Crippen LogP contribution in [0.1, 0.15) is 14.9 Å². The summed E-state index contributed by atoms with van der Waals surface area (Å²) in [5.41, 5.74) is 5.82. The van der Waals surface area contributed by atoms with Crippen molar-refractivity contribution in [1.29, 1.82) is 0 Å². The lowest BCUT2D eigenvalue weighted by Gasteiger charge is -2.01. The van der Waals surface area contributed by atoms with Crippen molar-refractivity contribution in [2.75, 3.05) is 30.8 Å². The number of hydrogen-bond acceptors (Lipinski definition) is 13. The van der Waals surface area contributed by atoms with E-state index in [4.69, 9.17) is 5.73 Å². The molecule has 14 nitrogen and oxygen atoms in total. The molecule has 0 amide bonds. The highest BCUT2D eigenvalue weighted by molar-refractivity contribution is 9.11. The highest BCUT2D eigenvalue weighted by Gasteiger charge is 2.16. The van der Waals surface area contributed by atoms with Crippen LogP contribution in [0.3, 0.4) is 0 Å². The van der Waals surface area contributed by atoms with Gasteiger partial charge in [-0.2, -0.15) is 12.6 Å². The Hall–Kier alpha value is -2.67. The molecule has 0 aromatic heterocycles. The van der Waals surface area contributed by atoms with Crippen LogP contribution < -0.4 is 5.73 Å². The van der Waals surface area contributed by atoms with E-state index in [-0.39, 0.29) is 50.7 Å². The molecule has 0 aliphatic carbocycles. The molecule has 0 aliphatic rings. The van der Waals surface area contributed by atoms with Gasteiger partial charge in [-0.25, -0.2) is 21.2 Å². The molecule has 0 spiro atoms. The van der Waals surface area contributed by atoms with E-state index in [0.29, 0.717) is 10.2 Å². The van der Waals surface area contributed by atoms with E-state index in [1.54, 1.807) is 36.2 Å². The van der Waals surface area contributed by atoms with Crippen LogP contribution >= 0.6 is 88.1 Å². The number of nitro groups is 3. The van der Waals surface area contributed by atoms with Crippen molar-refractivity contribution in [3.05, 3.63) is 127 Å². The van der Waals surface area contributed by atoms with E-state index in [1.165, 1.54) is 24.3 Å². The molecule has 2 N–H and O–H groups in total. The molecule has 0 aliphatic heterocycles. The Bertz CT molecular complexity index is 2100. The van der Waals surface area contributed by atoms with Gasteiger partial charge in [-0.3, -0.25) is 30.3 Å². The molecule has 23 heteroatoms. The second-order valence-corrected chi connectivity index (χ2v) is 17.3. The Morgan fingerprint density at radius 3 is 1.28 bits per heavy atom.